The van der Waals surface area contributed by atoms with E-state index in [1.54, 1.807) is 0 Å². The molecule has 1 aromatic carbocycles. The number of anilines is 1. The minimum atomic E-state index is -0.939. The lowest BCUT2D eigenvalue weighted by atomic mass is 10.2. The molecule has 18 heavy (non-hydrogen) atoms. The quantitative estimate of drug-likeness (QED) is 0.742. The van der Waals surface area contributed by atoms with Crippen molar-refractivity contribution in [2.75, 3.05) is 12.4 Å². The number of methoxy groups -OCH3 is 1. The number of imide groups is 1. The fourth-order valence-corrected chi connectivity index (χ4v) is 1.31. The van der Waals surface area contributed by atoms with Crippen molar-refractivity contribution >= 4 is 17.6 Å². The van der Waals surface area contributed by atoms with Gasteiger partial charge in [0.15, 0.2) is 0 Å². The number of primary amides is 1. The third-order valence-electron chi connectivity index (χ3n) is 2.13. The SMILES string of the molecule is COc1cc(F)cc(NC(C)C(=O)NC(N)=O)c1. The highest BCUT2D eigenvalue weighted by Crippen LogP contribution is 2.20. The Labute approximate surface area is 103 Å². The molecular formula is C11H14FN3O3. The van der Waals surface area contributed by atoms with Crippen molar-refractivity contribution in [3.05, 3.63) is 24.0 Å². The van der Waals surface area contributed by atoms with Crippen LogP contribution in [0.25, 0.3) is 0 Å². The molecule has 0 saturated heterocycles. The van der Waals surface area contributed by atoms with Crippen LogP contribution in [0.3, 0.4) is 0 Å². The maximum Gasteiger partial charge on any atom is 0.318 e. The van der Waals surface area contributed by atoms with Gasteiger partial charge in [-0.2, -0.15) is 0 Å². The number of nitrogens with one attached hydrogen (secondary N) is 2. The highest BCUT2D eigenvalue weighted by Gasteiger charge is 2.14. The van der Waals surface area contributed by atoms with E-state index in [2.05, 4.69) is 5.32 Å². The van der Waals surface area contributed by atoms with Crippen LogP contribution in [0.2, 0.25) is 0 Å². The predicted octanol–water partition coefficient (Wildman–Crippen LogP) is 0.830. The molecule has 1 atom stereocenters. The number of carbonyl (C=O) groups excluding carboxylic acids is 2. The van der Waals surface area contributed by atoms with Gasteiger partial charge in [-0.3, -0.25) is 10.1 Å². The highest BCUT2D eigenvalue weighted by atomic mass is 19.1. The van der Waals surface area contributed by atoms with Crippen LogP contribution in [0.4, 0.5) is 14.9 Å². The molecule has 4 N–H and O–H groups in total. The normalized spacial score (nSPS) is 11.5. The van der Waals surface area contributed by atoms with Gasteiger partial charge in [-0.15, -0.1) is 0 Å². The van der Waals surface area contributed by atoms with Crippen LogP contribution < -0.4 is 21.1 Å². The zero-order valence-electron chi connectivity index (χ0n) is 9.99. The molecule has 6 nitrogen and oxygen atoms in total. The molecule has 3 amide bonds. The number of benzene rings is 1. The predicted molar refractivity (Wildman–Crippen MR) is 63.8 cm³/mol. The van der Waals surface area contributed by atoms with E-state index in [1.165, 1.54) is 32.2 Å². The first-order valence-corrected chi connectivity index (χ1v) is 5.14. The summed E-state index contributed by atoms with van der Waals surface area (Å²) in [5.74, 6) is -0.787. The molecular weight excluding hydrogens is 241 g/mol. The summed E-state index contributed by atoms with van der Waals surface area (Å²) < 4.78 is 18.1. The summed E-state index contributed by atoms with van der Waals surface area (Å²) in [6.45, 7) is 1.51. The van der Waals surface area contributed by atoms with Crippen LogP contribution >= 0.6 is 0 Å². The Morgan fingerprint density at radius 2 is 2.06 bits per heavy atom. The van der Waals surface area contributed by atoms with Crippen molar-refractivity contribution in [1.29, 1.82) is 0 Å². The lowest BCUT2D eigenvalue weighted by Crippen LogP contribution is -2.43. The average Bonchev–Trinajstić information content (AvgIpc) is 2.27. The Bertz CT molecular complexity index is 465. The lowest BCUT2D eigenvalue weighted by Gasteiger charge is -2.14. The van der Waals surface area contributed by atoms with Crippen molar-refractivity contribution in [3.63, 3.8) is 0 Å². The molecule has 0 aromatic heterocycles. The molecule has 0 spiro atoms. The first kappa shape index (κ1) is 13.8. The molecule has 0 fully saturated rings. The minimum Gasteiger partial charge on any atom is -0.497 e. The van der Waals surface area contributed by atoms with Crippen molar-refractivity contribution in [3.8, 4) is 5.75 Å². The molecule has 0 saturated carbocycles. The maximum atomic E-state index is 13.2. The second-order valence-corrected chi connectivity index (χ2v) is 3.60. The maximum absolute atomic E-state index is 13.2. The lowest BCUT2D eigenvalue weighted by molar-refractivity contribution is -0.120. The Balaban J connectivity index is 2.75. The van der Waals surface area contributed by atoms with E-state index in [-0.39, 0.29) is 0 Å². The topological polar surface area (TPSA) is 93.4 Å². The molecule has 0 bridgehead atoms. The largest absolute Gasteiger partial charge is 0.497 e. The van der Waals surface area contributed by atoms with E-state index < -0.39 is 23.8 Å². The number of urea groups is 1. The summed E-state index contributed by atoms with van der Waals surface area (Å²) in [4.78, 5) is 21.9. The summed E-state index contributed by atoms with van der Waals surface area (Å²) >= 11 is 0. The number of hydrogen-bond acceptors (Lipinski definition) is 4. The van der Waals surface area contributed by atoms with E-state index in [0.29, 0.717) is 11.4 Å². The molecule has 0 radical (unpaired) electrons. The van der Waals surface area contributed by atoms with Crippen LogP contribution in [0, 0.1) is 5.82 Å². The van der Waals surface area contributed by atoms with E-state index in [0.717, 1.165) is 0 Å². The van der Waals surface area contributed by atoms with Gasteiger partial charge in [-0.1, -0.05) is 0 Å². The summed E-state index contributed by atoms with van der Waals surface area (Å²) in [5.41, 5.74) is 5.18. The van der Waals surface area contributed by atoms with E-state index in [1.807, 2.05) is 5.32 Å². The number of rotatable bonds is 4. The molecule has 7 heteroatoms. The van der Waals surface area contributed by atoms with Gasteiger partial charge in [-0.25, -0.2) is 9.18 Å². The van der Waals surface area contributed by atoms with Gasteiger partial charge in [0.1, 0.15) is 17.6 Å². The monoisotopic (exact) mass is 255 g/mol. The molecule has 0 aliphatic carbocycles. The van der Waals surface area contributed by atoms with Crippen LogP contribution in [0.1, 0.15) is 6.92 Å². The van der Waals surface area contributed by atoms with E-state index in [4.69, 9.17) is 10.5 Å². The Kier molecular flexibility index (Phi) is 4.47. The fourth-order valence-electron chi connectivity index (χ4n) is 1.31. The second kappa shape index (κ2) is 5.85. The number of halogens is 1. The number of nitrogens with two attached hydrogens (primary N) is 1. The number of amides is 3. The van der Waals surface area contributed by atoms with Gasteiger partial charge < -0.3 is 15.8 Å². The van der Waals surface area contributed by atoms with Crippen LogP contribution in [-0.2, 0) is 4.79 Å². The van der Waals surface area contributed by atoms with Crippen LogP contribution in [0.5, 0.6) is 5.75 Å². The van der Waals surface area contributed by atoms with Gasteiger partial charge in [0.2, 0.25) is 5.91 Å². The molecule has 0 heterocycles. The zero-order valence-corrected chi connectivity index (χ0v) is 9.99. The number of ether oxygens (including phenoxy) is 1. The molecule has 0 aliphatic rings. The van der Waals surface area contributed by atoms with Gasteiger partial charge >= 0.3 is 6.03 Å². The summed E-state index contributed by atoms with van der Waals surface area (Å²) in [7, 11) is 1.40. The Hall–Kier alpha value is -2.31. The van der Waals surface area contributed by atoms with Crippen LogP contribution in [-0.4, -0.2) is 25.1 Å². The van der Waals surface area contributed by atoms with Gasteiger partial charge in [0, 0.05) is 17.8 Å². The second-order valence-electron chi connectivity index (χ2n) is 3.60. The van der Waals surface area contributed by atoms with E-state index in [9.17, 15) is 14.0 Å². The first-order chi connectivity index (χ1) is 8.42. The third kappa shape index (κ3) is 3.93. The minimum absolute atomic E-state index is 0.319. The molecule has 1 aromatic rings. The molecule has 1 unspecified atom stereocenters. The van der Waals surface area contributed by atoms with Gasteiger partial charge in [-0.05, 0) is 13.0 Å². The van der Waals surface area contributed by atoms with E-state index >= 15 is 0 Å². The fraction of sp³-hybridized carbons (Fsp3) is 0.273. The number of hydrogen-bond donors (Lipinski definition) is 3. The van der Waals surface area contributed by atoms with Crippen molar-refractivity contribution in [2.24, 2.45) is 5.73 Å². The van der Waals surface area contributed by atoms with Crippen LogP contribution in [0.15, 0.2) is 18.2 Å². The Morgan fingerprint density at radius 1 is 1.39 bits per heavy atom. The van der Waals surface area contributed by atoms with Crippen molar-refractivity contribution in [1.82, 2.24) is 5.32 Å². The van der Waals surface area contributed by atoms with Crippen molar-refractivity contribution in [2.45, 2.75) is 13.0 Å². The molecule has 1 rings (SSSR count). The first-order valence-electron chi connectivity index (χ1n) is 5.14. The zero-order chi connectivity index (χ0) is 13.7. The summed E-state index contributed by atoms with van der Waals surface area (Å²) in [6.07, 6.45) is 0. The van der Waals surface area contributed by atoms with Gasteiger partial charge in [0.05, 0.1) is 7.11 Å². The number of carbonyl (C=O) groups is 2. The Morgan fingerprint density at radius 3 is 2.61 bits per heavy atom. The van der Waals surface area contributed by atoms with Gasteiger partial charge in [0.25, 0.3) is 0 Å². The third-order valence-corrected chi connectivity index (χ3v) is 2.13. The molecule has 98 valence electrons. The average molecular weight is 255 g/mol. The summed E-state index contributed by atoms with van der Waals surface area (Å²) in [6, 6.07) is 2.25. The highest BCUT2D eigenvalue weighted by molar-refractivity contribution is 5.97. The smallest absolute Gasteiger partial charge is 0.318 e. The van der Waals surface area contributed by atoms with Crippen molar-refractivity contribution < 1.29 is 18.7 Å². The standard InChI is InChI=1S/C11H14FN3O3/c1-6(10(16)15-11(13)17)14-8-3-7(12)4-9(5-8)18-2/h3-6,14H,1-2H3,(H3,13,15,16,17). The summed E-state index contributed by atoms with van der Waals surface area (Å²) in [5, 5.41) is 4.64. The molecule has 0 aliphatic heterocycles.